The van der Waals surface area contributed by atoms with E-state index in [-0.39, 0.29) is 5.91 Å². The molecule has 3 nitrogen and oxygen atoms in total. The molecule has 0 aliphatic rings. The topological polar surface area (TPSA) is 33.2 Å². The molecule has 2 rings (SSSR count). The summed E-state index contributed by atoms with van der Waals surface area (Å²) >= 11 is 4.78. The number of nitrogens with zero attached hydrogens (tertiary/aromatic N) is 2. The van der Waals surface area contributed by atoms with Crippen LogP contribution in [-0.2, 0) is 0 Å². The van der Waals surface area contributed by atoms with E-state index in [1.807, 2.05) is 29.6 Å². The Kier molecular flexibility index (Phi) is 3.36. The average molecular weight is 297 g/mol. The number of amides is 1. The third-order valence-electron chi connectivity index (χ3n) is 2.09. The SMILES string of the molecule is CN(C(=O)c1cccs1)c1cc(Br)ccn1. The number of carbonyl (C=O) groups excluding carboxylic acids is 1. The van der Waals surface area contributed by atoms with Crippen LogP contribution in [0.3, 0.4) is 0 Å². The van der Waals surface area contributed by atoms with Crippen LogP contribution in [0.1, 0.15) is 9.67 Å². The van der Waals surface area contributed by atoms with Gasteiger partial charge in [-0.2, -0.15) is 0 Å². The molecule has 0 spiro atoms. The van der Waals surface area contributed by atoms with Crippen molar-refractivity contribution in [3.8, 4) is 0 Å². The lowest BCUT2D eigenvalue weighted by molar-refractivity contribution is 0.0996. The lowest BCUT2D eigenvalue weighted by Gasteiger charge is -2.15. The van der Waals surface area contributed by atoms with Gasteiger partial charge in [-0.05, 0) is 23.6 Å². The summed E-state index contributed by atoms with van der Waals surface area (Å²) in [5.41, 5.74) is 0. The molecule has 0 radical (unpaired) electrons. The molecule has 0 aliphatic heterocycles. The van der Waals surface area contributed by atoms with Crippen LogP contribution in [0.4, 0.5) is 5.82 Å². The molecular weight excluding hydrogens is 288 g/mol. The number of aromatic nitrogens is 1. The summed E-state index contributed by atoms with van der Waals surface area (Å²) in [4.78, 5) is 18.4. The van der Waals surface area contributed by atoms with E-state index < -0.39 is 0 Å². The van der Waals surface area contributed by atoms with Crippen LogP contribution < -0.4 is 4.90 Å². The molecule has 16 heavy (non-hydrogen) atoms. The number of pyridine rings is 1. The number of hydrogen-bond acceptors (Lipinski definition) is 3. The van der Waals surface area contributed by atoms with Gasteiger partial charge in [-0.25, -0.2) is 4.98 Å². The van der Waals surface area contributed by atoms with Crippen LogP contribution in [-0.4, -0.2) is 17.9 Å². The summed E-state index contributed by atoms with van der Waals surface area (Å²) in [7, 11) is 1.72. The van der Waals surface area contributed by atoms with Crippen molar-refractivity contribution in [2.75, 3.05) is 11.9 Å². The standard InChI is InChI=1S/C11H9BrN2OS/c1-14(10-7-8(12)4-5-13-10)11(15)9-3-2-6-16-9/h2-7H,1H3. The molecule has 0 saturated carbocycles. The molecule has 0 bridgehead atoms. The van der Waals surface area contributed by atoms with Gasteiger partial charge in [-0.15, -0.1) is 11.3 Å². The Morgan fingerprint density at radius 3 is 2.94 bits per heavy atom. The highest BCUT2D eigenvalue weighted by molar-refractivity contribution is 9.10. The normalized spacial score (nSPS) is 10.1. The molecule has 2 heterocycles. The molecule has 0 atom stereocenters. The molecule has 5 heteroatoms. The zero-order chi connectivity index (χ0) is 11.5. The average Bonchev–Trinajstić information content (AvgIpc) is 2.80. The maximum absolute atomic E-state index is 12.0. The molecule has 0 unspecified atom stereocenters. The first-order valence-electron chi connectivity index (χ1n) is 4.61. The van der Waals surface area contributed by atoms with E-state index in [1.54, 1.807) is 13.2 Å². The van der Waals surface area contributed by atoms with Gasteiger partial charge in [-0.1, -0.05) is 22.0 Å². The Bertz CT molecular complexity index is 498. The maximum atomic E-state index is 12.0. The van der Waals surface area contributed by atoms with Gasteiger partial charge < -0.3 is 0 Å². The van der Waals surface area contributed by atoms with E-state index in [4.69, 9.17) is 0 Å². The Hall–Kier alpha value is -1.20. The summed E-state index contributed by atoms with van der Waals surface area (Å²) < 4.78 is 0.906. The van der Waals surface area contributed by atoms with Crippen molar-refractivity contribution in [1.29, 1.82) is 0 Å². The second-order valence-corrected chi connectivity index (χ2v) is 5.04. The molecule has 0 fully saturated rings. The van der Waals surface area contributed by atoms with E-state index >= 15 is 0 Å². The smallest absolute Gasteiger partial charge is 0.269 e. The third kappa shape index (κ3) is 2.31. The van der Waals surface area contributed by atoms with Crippen molar-refractivity contribution in [2.45, 2.75) is 0 Å². The Balaban J connectivity index is 2.26. The number of rotatable bonds is 2. The molecule has 82 valence electrons. The van der Waals surface area contributed by atoms with E-state index in [0.29, 0.717) is 10.7 Å². The van der Waals surface area contributed by atoms with Crippen LogP contribution in [0.2, 0.25) is 0 Å². The minimum absolute atomic E-state index is 0.0411. The third-order valence-corrected chi connectivity index (χ3v) is 3.44. The van der Waals surface area contributed by atoms with Crippen LogP contribution in [0.15, 0.2) is 40.3 Å². The fraction of sp³-hybridized carbons (Fsp3) is 0.0909. The molecule has 0 saturated heterocycles. The Labute approximate surface area is 106 Å². The zero-order valence-electron chi connectivity index (χ0n) is 8.55. The van der Waals surface area contributed by atoms with Gasteiger partial charge in [-0.3, -0.25) is 9.69 Å². The predicted molar refractivity (Wildman–Crippen MR) is 69.0 cm³/mol. The second kappa shape index (κ2) is 4.76. The predicted octanol–water partition coefficient (Wildman–Crippen LogP) is 3.18. The molecular formula is C11H9BrN2OS. The molecule has 0 aromatic carbocycles. The van der Waals surface area contributed by atoms with Crippen LogP contribution in [0, 0.1) is 0 Å². The minimum atomic E-state index is -0.0411. The number of anilines is 1. The first-order chi connectivity index (χ1) is 7.68. The van der Waals surface area contributed by atoms with E-state index in [9.17, 15) is 4.79 Å². The first-order valence-corrected chi connectivity index (χ1v) is 6.29. The van der Waals surface area contributed by atoms with Crippen LogP contribution >= 0.6 is 27.3 Å². The van der Waals surface area contributed by atoms with Gasteiger partial charge in [0.25, 0.3) is 5.91 Å². The molecule has 2 aromatic rings. The monoisotopic (exact) mass is 296 g/mol. The van der Waals surface area contributed by atoms with Crippen molar-refractivity contribution < 1.29 is 4.79 Å². The van der Waals surface area contributed by atoms with Gasteiger partial charge in [0.05, 0.1) is 4.88 Å². The highest BCUT2D eigenvalue weighted by Crippen LogP contribution is 2.19. The number of thiophene rings is 1. The van der Waals surface area contributed by atoms with Crippen molar-refractivity contribution in [3.05, 3.63) is 45.2 Å². The highest BCUT2D eigenvalue weighted by Gasteiger charge is 2.15. The summed E-state index contributed by atoms with van der Waals surface area (Å²) in [5, 5.41) is 1.88. The quantitative estimate of drug-likeness (QED) is 0.853. The second-order valence-electron chi connectivity index (χ2n) is 3.17. The van der Waals surface area contributed by atoms with Crippen LogP contribution in [0.5, 0.6) is 0 Å². The Morgan fingerprint density at radius 1 is 1.50 bits per heavy atom. The lowest BCUT2D eigenvalue weighted by atomic mass is 10.4. The summed E-state index contributed by atoms with van der Waals surface area (Å²) in [6.45, 7) is 0. The van der Waals surface area contributed by atoms with Crippen molar-refractivity contribution in [1.82, 2.24) is 4.98 Å². The summed E-state index contributed by atoms with van der Waals surface area (Å²) in [6, 6.07) is 7.31. The lowest BCUT2D eigenvalue weighted by Crippen LogP contribution is -2.26. The van der Waals surface area contributed by atoms with Gasteiger partial charge in [0, 0.05) is 17.7 Å². The van der Waals surface area contributed by atoms with E-state index in [2.05, 4.69) is 20.9 Å². The zero-order valence-corrected chi connectivity index (χ0v) is 11.0. The van der Waals surface area contributed by atoms with Crippen molar-refractivity contribution >= 4 is 39.0 Å². The number of carbonyl (C=O) groups is 1. The summed E-state index contributed by atoms with van der Waals surface area (Å²) in [6.07, 6.45) is 1.66. The van der Waals surface area contributed by atoms with E-state index in [0.717, 1.165) is 4.47 Å². The fourth-order valence-corrected chi connectivity index (χ4v) is 2.27. The fourth-order valence-electron chi connectivity index (χ4n) is 1.25. The first kappa shape index (κ1) is 11.3. The van der Waals surface area contributed by atoms with Crippen molar-refractivity contribution in [3.63, 3.8) is 0 Å². The molecule has 0 N–H and O–H groups in total. The van der Waals surface area contributed by atoms with Gasteiger partial charge >= 0.3 is 0 Å². The van der Waals surface area contributed by atoms with Crippen molar-refractivity contribution in [2.24, 2.45) is 0 Å². The number of halogens is 1. The molecule has 0 aliphatic carbocycles. The largest absolute Gasteiger partial charge is 0.295 e. The van der Waals surface area contributed by atoms with Gasteiger partial charge in [0.2, 0.25) is 0 Å². The van der Waals surface area contributed by atoms with Gasteiger partial charge in [0.1, 0.15) is 5.82 Å². The Morgan fingerprint density at radius 2 is 2.31 bits per heavy atom. The minimum Gasteiger partial charge on any atom is -0.295 e. The van der Waals surface area contributed by atoms with E-state index in [1.165, 1.54) is 16.2 Å². The molecule has 2 aromatic heterocycles. The van der Waals surface area contributed by atoms with Crippen LogP contribution in [0.25, 0.3) is 0 Å². The highest BCUT2D eigenvalue weighted by atomic mass is 79.9. The number of hydrogen-bond donors (Lipinski definition) is 0. The maximum Gasteiger partial charge on any atom is 0.269 e. The molecule has 1 amide bonds. The summed E-state index contributed by atoms with van der Waals surface area (Å²) in [5.74, 6) is 0.591. The van der Waals surface area contributed by atoms with Gasteiger partial charge in [0.15, 0.2) is 0 Å².